The van der Waals surface area contributed by atoms with Crippen LogP contribution in [0.1, 0.15) is 92.9 Å². The van der Waals surface area contributed by atoms with Gasteiger partial charge in [0.05, 0.1) is 11.8 Å². The van der Waals surface area contributed by atoms with E-state index in [-0.39, 0.29) is 47.7 Å². The van der Waals surface area contributed by atoms with Crippen LogP contribution in [-0.2, 0) is 14.3 Å². The average molecular weight is 445 g/mol. The first-order chi connectivity index (χ1) is 11.0. The number of hydrogen-bond acceptors (Lipinski definition) is 3. The monoisotopic (exact) mass is 446 g/mol. The molecule has 1 aliphatic carbocycles. The third kappa shape index (κ3) is 14.1. The van der Waals surface area contributed by atoms with Gasteiger partial charge in [0, 0.05) is 23.9 Å². The average Bonchev–Trinajstić information content (AvgIpc) is 2.90. The molecule has 2 atom stereocenters. The number of cyclic esters (lactones) is 2. The number of ether oxygens (including phenoxy) is 1. The molecule has 0 saturated carbocycles. The Balaban J connectivity index is -0.000000288. The summed E-state index contributed by atoms with van der Waals surface area (Å²) in [4.78, 5) is 21.9. The SMILES string of the molecule is CCCC.CCCC.CCCC.O=C1OC(=O)C2CC=CCC12.[Sn]. The van der Waals surface area contributed by atoms with Gasteiger partial charge in [-0.2, -0.15) is 0 Å². The summed E-state index contributed by atoms with van der Waals surface area (Å²) in [5.74, 6) is -1.06. The third-order valence-electron chi connectivity index (χ3n) is 3.74. The predicted octanol–water partition coefficient (Wildman–Crippen LogP) is 5.69. The molecule has 140 valence electrons. The number of carbonyl (C=O) groups is 2. The topological polar surface area (TPSA) is 43.4 Å². The Morgan fingerprint density at radius 1 is 0.708 bits per heavy atom. The Labute approximate surface area is 167 Å². The van der Waals surface area contributed by atoms with Crippen LogP contribution in [0.5, 0.6) is 0 Å². The van der Waals surface area contributed by atoms with Gasteiger partial charge in [-0.25, -0.2) is 0 Å². The first-order valence-electron chi connectivity index (χ1n) is 9.44. The van der Waals surface area contributed by atoms with Gasteiger partial charge in [-0.1, -0.05) is 92.2 Å². The number of esters is 2. The van der Waals surface area contributed by atoms with Crippen molar-refractivity contribution in [1.82, 2.24) is 0 Å². The van der Waals surface area contributed by atoms with Crippen molar-refractivity contribution in [2.45, 2.75) is 92.9 Å². The van der Waals surface area contributed by atoms with Crippen LogP contribution in [0, 0.1) is 11.8 Å². The molecule has 3 nitrogen and oxygen atoms in total. The molecule has 1 fully saturated rings. The Morgan fingerprint density at radius 2 is 0.958 bits per heavy atom. The van der Waals surface area contributed by atoms with Crippen molar-refractivity contribution in [3.05, 3.63) is 12.2 Å². The number of fused-ring (bicyclic) bond motifs is 1. The Morgan fingerprint density at radius 3 is 1.17 bits per heavy atom. The van der Waals surface area contributed by atoms with Crippen LogP contribution >= 0.6 is 0 Å². The van der Waals surface area contributed by atoms with Gasteiger partial charge in [0.1, 0.15) is 0 Å². The molecule has 1 saturated heterocycles. The number of rotatable bonds is 3. The molecule has 0 bridgehead atoms. The second-order valence-electron chi connectivity index (χ2n) is 5.90. The molecule has 4 radical (unpaired) electrons. The van der Waals surface area contributed by atoms with Gasteiger partial charge in [0.25, 0.3) is 0 Å². The molecule has 0 aromatic heterocycles. The van der Waals surface area contributed by atoms with Crippen molar-refractivity contribution in [3.63, 3.8) is 0 Å². The van der Waals surface area contributed by atoms with Gasteiger partial charge in [-0.05, 0) is 12.8 Å². The molecular weight excluding hydrogens is 407 g/mol. The fourth-order valence-corrected chi connectivity index (χ4v) is 1.59. The van der Waals surface area contributed by atoms with Gasteiger partial charge < -0.3 is 4.74 Å². The van der Waals surface area contributed by atoms with Crippen LogP contribution in [-0.4, -0.2) is 35.8 Å². The van der Waals surface area contributed by atoms with E-state index in [4.69, 9.17) is 0 Å². The number of unbranched alkanes of at least 4 members (excludes halogenated alkanes) is 3. The maximum atomic E-state index is 10.9. The summed E-state index contributed by atoms with van der Waals surface area (Å²) in [6.45, 7) is 13.1. The predicted molar refractivity (Wildman–Crippen MR) is 104 cm³/mol. The van der Waals surface area contributed by atoms with Gasteiger partial charge in [0.2, 0.25) is 0 Å². The Hall–Kier alpha value is -0.321. The summed E-state index contributed by atoms with van der Waals surface area (Å²) >= 11 is 0. The fraction of sp³-hybridized carbons (Fsp3) is 0.800. The van der Waals surface area contributed by atoms with Gasteiger partial charge >= 0.3 is 11.9 Å². The van der Waals surface area contributed by atoms with Crippen molar-refractivity contribution >= 4 is 35.8 Å². The van der Waals surface area contributed by atoms with Gasteiger partial charge in [-0.15, -0.1) is 0 Å². The van der Waals surface area contributed by atoms with Crippen molar-refractivity contribution < 1.29 is 14.3 Å². The molecule has 4 heteroatoms. The van der Waals surface area contributed by atoms with Crippen LogP contribution < -0.4 is 0 Å². The van der Waals surface area contributed by atoms with E-state index in [1.165, 1.54) is 38.5 Å². The number of allylic oxidation sites excluding steroid dienone is 2. The van der Waals surface area contributed by atoms with E-state index in [9.17, 15) is 9.59 Å². The van der Waals surface area contributed by atoms with E-state index in [1.807, 2.05) is 12.2 Å². The molecule has 1 heterocycles. The van der Waals surface area contributed by atoms with E-state index in [1.54, 1.807) is 0 Å². The van der Waals surface area contributed by atoms with E-state index < -0.39 is 0 Å². The third-order valence-corrected chi connectivity index (χ3v) is 3.74. The summed E-state index contributed by atoms with van der Waals surface area (Å²) < 4.78 is 4.49. The first-order valence-corrected chi connectivity index (χ1v) is 9.44. The maximum Gasteiger partial charge on any atom is 0.317 e. The molecule has 0 aromatic carbocycles. The number of carbonyl (C=O) groups excluding carboxylic acids is 2. The molecule has 0 N–H and O–H groups in total. The Kier molecular flexibility index (Phi) is 24.6. The second-order valence-corrected chi connectivity index (χ2v) is 5.90. The zero-order chi connectivity index (χ0) is 18.1. The van der Waals surface area contributed by atoms with E-state index in [2.05, 4.69) is 46.3 Å². The summed E-state index contributed by atoms with van der Waals surface area (Å²) in [7, 11) is 0. The van der Waals surface area contributed by atoms with Crippen LogP contribution in [0.4, 0.5) is 0 Å². The summed E-state index contributed by atoms with van der Waals surface area (Å²) in [5, 5.41) is 0. The zero-order valence-corrected chi connectivity index (χ0v) is 19.5. The molecule has 2 unspecified atom stereocenters. The van der Waals surface area contributed by atoms with E-state index in [0.29, 0.717) is 12.8 Å². The van der Waals surface area contributed by atoms with Gasteiger partial charge in [0.15, 0.2) is 0 Å². The zero-order valence-electron chi connectivity index (χ0n) is 16.7. The maximum absolute atomic E-state index is 10.9. The minimum atomic E-state index is -0.343. The van der Waals surface area contributed by atoms with Crippen LogP contribution in [0.15, 0.2) is 12.2 Å². The van der Waals surface area contributed by atoms with Gasteiger partial charge in [-0.3, -0.25) is 9.59 Å². The van der Waals surface area contributed by atoms with Crippen molar-refractivity contribution in [1.29, 1.82) is 0 Å². The summed E-state index contributed by atoms with van der Waals surface area (Å²) in [6, 6.07) is 0. The quantitative estimate of drug-likeness (QED) is 0.243. The smallest absolute Gasteiger partial charge is 0.317 e. The van der Waals surface area contributed by atoms with Crippen molar-refractivity contribution in [2.24, 2.45) is 11.8 Å². The normalized spacial score (nSPS) is 19.9. The van der Waals surface area contributed by atoms with Crippen molar-refractivity contribution in [3.8, 4) is 0 Å². The molecule has 0 amide bonds. The summed E-state index contributed by atoms with van der Waals surface area (Å²) in [5.41, 5.74) is 0. The number of hydrogen-bond donors (Lipinski definition) is 0. The second kappa shape index (κ2) is 20.7. The van der Waals surface area contributed by atoms with Crippen LogP contribution in [0.25, 0.3) is 0 Å². The standard InChI is InChI=1S/C8H8O3.3C4H10.Sn/c9-7-5-3-1-2-4-6(5)8(10)11-7;3*1-3-4-2;/h1-2,5-6H,3-4H2;3*3-4H2,1-2H3;. The summed E-state index contributed by atoms with van der Waals surface area (Å²) in [6.07, 6.45) is 13.1. The molecule has 2 rings (SSSR count). The fourth-order valence-electron chi connectivity index (χ4n) is 1.59. The molecule has 2 aliphatic rings. The largest absolute Gasteiger partial charge is 0.393 e. The minimum Gasteiger partial charge on any atom is -0.393 e. The van der Waals surface area contributed by atoms with E-state index in [0.717, 1.165) is 0 Å². The first kappa shape index (κ1) is 28.5. The Bertz CT molecular complexity index is 287. The van der Waals surface area contributed by atoms with Crippen LogP contribution in [0.2, 0.25) is 0 Å². The van der Waals surface area contributed by atoms with E-state index >= 15 is 0 Å². The van der Waals surface area contributed by atoms with Crippen LogP contribution in [0.3, 0.4) is 0 Å². The molecular formula is C20H38O3Sn. The molecule has 1 aliphatic heterocycles. The molecule has 24 heavy (non-hydrogen) atoms. The minimum absolute atomic E-state index is 0. The molecule has 0 aromatic rings. The van der Waals surface area contributed by atoms with Crippen molar-refractivity contribution in [2.75, 3.05) is 0 Å². The molecule has 0 spiro atoms.